The van der Waals surface area contributed by atoms with Crippen LogP contribution in [0, 0.1) is 13.8 Å². The van der Waals surface area contributed by atoms with Crippen LogP contribution in [0.5, 0.6) is 0 Å². The average Bonchev–Trinajstić information content (AvgIpc) is 3.04. The Kier molecular flexibility index (Phi) is 10.00. The van der Waals surface area contributed by atoms with Gasteiger partial charge < -0.3 is 15.7 Å². The predicted octanol–water partition coefficient (Wildman–Crippen LogP) is 3.61. The van der Waals surface area contributed by atoms with Crippen molar-refractivity contribution in [3.63, 3.8) is 0 Å². The second kappa shape index (κ2) is 12.5. The molecule has 0 radical (unpaired) electrons. The maximum atomic E-state index is 9.76. The fourth-order valence-corrected chi connectivity index (χ4v) is 3.53. The molecule has 3 aromatic rings. The van der Waals surface area contributed by atoms with Gasteiger partial charge in [0.1, 0.15) is 0 Å². The van der Waals surface area contributed by atoms with Crippen molar-refractivity contribution in [2.45, 2.75) is 32.9 Å². The largest absolute Gasteiger partial charge is 0.396 e. The van der Waals surface area contributed by atoms with Crippen LogP contribution in [0.4, 0.5) is 0 Å². The molecule has 0 fully saturated rings. The van der Waals surface area contributed by atoms with Crippen molar-refractivity contribution in [2.75, 3.05) is 20.2 Å². The Labute approximate surface area is 201 Å². The third-order valence-electron chi connectivity index (χ3n) is 5.37. The molecular weight excluding hydrogens is 501 g/mol. The van der Waals surface area contributed by atoms with E-state index >= 15 is 0 Å². The number of nitrogens with zero attached hydrogens (tertiary/aromatic N) is 3. The molecule has 1 heterocycles. The molecule has 1 atom stereocenters. The van der Waals surface area contributed by atoms with Gasteiger partial charge in [0.05, 0.1) is 18.8 Å². The van der Waals surface area contributed by atoms with Crippen LogP contribution in [-0.4, -0.2) is 41.0 Å². The Hall–Kier alpha value is -2.39. The molecule has 2 aromatic carbocycles. The van der Waals surface area contributed by atoms with Gasteiger partial charge in [0.15, 0.2) is 5.96 Å². The number of benzene rings is 2. The lowest BCUT2D eigenvalue weighted by atomic mass is 10.0. The fourth-order valence-electron chi connectivity index (χ4n) is 3.53. The molecule has 0 saturated heterocycles. The van der Waals surface area contributed by atoms with Crippen LogP contribution in [-0.2, 0) is 13.1 Å². The second-order valence-corrected chi connectivity index (χ2v) is 7.39. The van der Waals surface area contributed by atoms with Crippen molar-refractivity contribution in [3.8, 4) is 0 Å². The second-order valence-electron chi connectivity index (χ2n) is 7.39. The summed E-state index contributed by atoms with van der Waals surface area (Å²) in [5.74, 6) is 0.723. The highest BCUT2D eigenvalue weighted by Crippen LogP contribution is 2.15. The van der Waals surface area contributed by atoms with Gasteiger partial charge in [0.25, 0.3) is 0 Å². The molecule has 1 unspecified atom stereocenters. The van der Waals surface area contributed by atoms with Gasteiger partial charge in [-0.2, -0.15) is 5.10 Å². The zero-order valence-electron chi connectivity index (χ0n) is 18.4. The lowest BCUT2D eigenvalue weighted by molar-refractivity contribution is 0.265. The predicted molar refractivity (Wildman–Crippen MR) is 137 cm³/mol. The molecule has 1 aromatic heterocycles. The van der Waals surface area contributed by atoms with Gasteiger partial charge in [-0.1, -0.05) is 60.7 Å². The monoisotopic (exact) mass is 533 g/mol. The Bertz CT molecular complexity index is 957. The zero-order valence-corrected chi connectivity index (χ0v) is 20.7. The van der Waals surface area contributed by atoms with Gasteiger partial charge >= 0.3 is 0 Å². The quantitative estimate of drug-likeness (QED) is 0.235. The third kappa shape index (κ3) is 6.80. The van der Waals surface area contributed by atoms with Gasteiger partial charge in [-0.3, -0.25) is 9.67 Å². The normalized spacial score (nSPS) is 12.2. The number of guanidine groups is 1. The lowest BCUT2D eigenvalue weighted by Crippen LogP contribution is -2.39. The molecule has 0 aliphatic rings. The molecule has 0 saturated carbocycles. The topological polar surface area (TPSA) is 74.5 Å². The summed E-state index contributed by atoms with van der Waals surface area (Å²) >= 11 is 0. The number of aliphatic hydroxyl groups is 1. The summed E-state index contributed by atoms with van der Waals surface area (Å²) in [5.41, 5.74) is 5.68. The van der Waals surface area contributed by atoms with E-state index in [9.17, 15) is 5.11 Å². The number of aromatic nitrogens is 2. The van der Waals surface area contributed by atoms with Gasteiger partial charge in [-0.25, -0.2) is 0 Å². The first kappa shape index (κ1) is 24.9. The first-order valence-electron chi connectivity index (χ1n) is 10.3. The molecule has 7 heteroatoms. The van der Waals surface area contributed by atoms with Crippen molar-refractivity contribution in [3.05, 3.63) is 88.7 Å². The Morgan fingerprint density at radius 3 is 2.29 bits per heavy atom. The highest BCUT2D eigenvalue weighted by atomic mass is 127. The van der Waals surface area contributed by atoms with E-state index in [0.29, 0.717) is 19.0 Å². The summed E-state index contributed by atoms with van der Waals surface area (Å²) in [4.78, 5) is 4.32. The van der Waals surface area contributed by atoms with Gasteiger partial charge in [0, 0.05) is 37.3 Å². The van der Waals surface area contributed by atoms with Crippen LogP contribution in [0.1, 0.15) is 34.0 Å². The number of aryl methyl sites for hydroxylation is 1. The maximum Gasteiger partial charge on any atom is 0.191 e. The number of hydrogen-bond acceptors (Lipinski definition) is 3. The SMILES string of the molecule is CN=C(NCc1c(C)nn(Cc2ccccc2)c1C)NCC(CO)c1ccccc1.I. The van der Waals surface area contributed by atoms with Crippen LogP contribution in [0.25, 0.3) is 0 Å². The number of hydrogen-bond donors (Lipinski definition) is 3. The average molecular weight is 533 g/mol. The van der Waals surface area contributed by atoms with E-state index in [1.165, 1.54) is 11.1 Å². The molecular formula is C24H32IN5O. The highest BCUT2D eigenvalue weighted by Gasteiger charge is 2.14. The van der Waals surface area contributed by atoms with Crippen LogP contribution >= 0.6 is 24.0 Å². The van der Waals surface area contributed by atoms with Gasteiger partial charge in [-0.15, -0.1) is 24.0 Å². The number of rotatable bonds is 8. The fraction of sp³-hybridized carbons (Fsp3) is 0.333. The molecule has 0 bridgehead atoms. The first-order chi connectivity index (χ1) is 14.6. The summed E-state index contributed by atoms with van der Waals surface area (Å²) in [6.07, 6.45) is 0. The molecule has 3 rings (SSSR count). The van der Waals surface area contributed by atoms with E-state index in [0.717, 1.165) is 23.5 Å². The van der Waals surface area contributed by atoms with E-state index in [4.69, 9.17) is 5.10 Å². The Morgan fingerprint density at radius 1 is 1.03 bits per heavy atom. The molecule has 3 N–H and O–H groups in total. The van der Waals surface area contributed by atoms with Crippen molar-refractivity contribution in [1.29, 1.82) is 0 Å². The van der Waals surface area contributed by atoms with Crippen molar-refractivity contribution >= 4 is 29.9 Å². The Morgan fingerprint density at radius 2 is 1.68 bits per heavy atom. The standard InChI is InChI=1S/C24H31N5O.HI/c1-18-23(19(2)29(28-18)16-20-10-6-4-7-11-20)15-27-24(25-3)26-14-22(17-30)21-12-8-5-9-13-21;/h4-13,22,30H,14-17H2,1-3H3,(H2,25,26,27);1H. The van der Waals surface area contributed by atoms with E-state index in [1.54, 1.807) is 7.05 Å². The molecule has 31 heavy (non-hydrogen) atoms. The van der Waals surface area contributed by atoms with Crippen LogP contribution in [0.15, 0.2) is 65.7 Å². The van der Waals surface area contributed by atoms with E-state index < -0.39 is 0 Å². The number of halogens is 1. The van der Waals surface area contributed by atoms with Crippen LogP contribution < -0.4 is 10.6 Å². The molecule has 0 aliphatic carbocycles. The third-order valence-corrected chi connectivity index (χ3v) is 5.37. The smallest absolute Gasteiger partial charge is 0.191 e. The number of aliphatic hydroxyl groups excluding tert-OH is 1. The summed E-state index contributed by atoms with van der Waals surface area (Å²) in [6.45, 7) is 6.23. The summed E-state index contributed by atoms with van der Waals surface area (Å²) in [5, 5.41) is 21.2. The zero-order chi connectivity index (χ0) is 21.3. The minimum Gasteiger partial charge on any atom is -0.396 e. The van der Waals surface area contributed by atoms with Crippen molar-refractivity contribution < 1.29 is 5.11 Å². The van der Waals surface area contributed by atoms with Crippen LogP contribution in [0.2, 0.25) is 0 Å². The number of nitrogens with one attached hydrogen (secondary N) is 2. The lowest BCUT2D eigenvalue weighted by Gasteiger charge is -2.18. The minimum absolute atomic E-state index is 0. The summed E-state index contributed by atoms with van der Waals surface area (Å²) in [7, 11) is 1.75. The van der Waals surface area contributed by atoms with Gasteiger partial charge in [-0.05, 0) is 25.0 Å². The molecule has 166 valence electrons. The minimum atomic E-state index is 0. The van der Waals surface area contributed by atoms with Crippen LogP contribution in [0.3, 0.4) is 0 Å². The van der Waals surface area contributed by atoms with Crippen molar-refractivity contribution in [2.24, 2.45) is 4.99 Å². The van der Waals surface area contributed by atoms with Gasteiger partial charge in [0.2, 0.25) is 0 Å². The van der Waals surface area contributed by atoms with E-state index in [-0.39, 0.29) is 36.5 Å². The molecule has 0 aliphatic heterocycles. The molecule has 0 amide bonds. The maximum absolute atomic E-state index is 9.76. The molecule has 6 nitrogen and oxygen atoms in total. The molecule has 0 spiro atoms. The highest BCUT2D eigenvalue weighted by molar-refractivity contribution is 14.0. The first-order valence-corrected chi connectivity index (χ1v) is 10.3. The summed E-state index contributed by atoms with van der Waals surface area (Å²) < 4.78 is 2.05. The van der Waals surface area contributed by atoms with E-state index in [1.807, 2.05) is 55.5 Å². The van der Waals surface area contributed by atoms with E-state index in [2.05, 4.69) is 39.4 Å². The summed E-state index contributed by atoms with van der Waals surface area (Å²) in [6, 6.07) is 20.4. The Balaban J connectivity index is 0.00000341. The number of aliphatic imine (C=N–C) groups is 1. The van der Waals surface area contributed by atoms with Crippen molar-refractivity contribution in [1.82, 2.24) is 20.4 Å².